The lowest BCUT2D eigenvalue weighted by Crippen LogP contribution is -1.95. The molecule has 3 nitrogen and oxygen atoms in total. The minimum Gasteiger partial charge on any atom is -0.508 e. The molecule has 0 spiro atoms. The van der Waals surface area contributed by atoms with Crippen LogP contribution >= 0.6 is 11.6 Å². The summed E-state index contributed by atoms with van der Waals surface area (Å²) in [4.78, 5) is 12.3. The molecule has 0 amide bonds. The van der Waals surface area contributed by atoms with E-state index in [1.807, 2.05) is 12.1 Å². The molecule has 0 saturated heterocycles. The first kappa shape index (κ1) is 16.8. The molecular formula is C21H15ClO3. The van der Waals surface area contributed by atoms with Gasteiger partial charge in [-0.15, -0.1) is 0 Å². The number of phenols is 1. The lowest BCUT2D eigenvalue weighted by molar-refractivity contribution is 0.104. The van der Waals surface area contributed by atoms with E-state index in [0.717, 1.165) is 5.56 Å². The fourth-order valence-electron chi connectivity index (χ4n) is 2.27. The van der Waals surface area contributed by atoms with Gasteiger partial charge in [-0.3, -0.25) is 4.79 Å². The van der Waals surface area contributed by atoms with Crippen molar-refractivity contribution in [2.24, 2.45) is 0 Å². The van der Waals surface area contributed by atoms with Crippen LogP contribution in [-0.4, -0.2) is 10.9 Å². The van der Waals surface area contributed by atoms with Crippen LogP contribution in [0.2, 0.25) is 5.02 Å². The monoisotopic (exact) mass is 350 g/mol. The highest BCUT2D eigenvalue weighted by molar-refractivity contribution is 6.30. The Labute approximate surface area is 150 Å². The Bertz CT molecular complexity index is 932. The van der Waals surface area contributed by atoms with E-state index in [1.54, 1.807) is 60.7 Å². The second-order valence-electron chi connectivity index (χ2n) is 5.38. The Morgan fingerprint density at radius 3 is 2.40 bits per heavy atom. The van der Waals surface area contributed by atoms with Gasteiger partial charge in [-0.1, -0.05) is 48.0 Å². The van der Waals surface area contributed by atoms with Crippen LogP contribution in [0.4, 0.5) is 0 Å². The molecule has 0 radical (unpaired) electrons. The molecule has 0 aromatic heterocycles. The van der Waals surface area contributed by atoms with Crippen molar-refractivity contribution < 1.29 is 14.6 Å². The van der Waals surface area contributed by atoms with Crippen LogP contribution in [0.1, 0.15) is 15.9 Å². The predicted molar refractivity (Wildman–Crippen MR) is 99.4 cm³/mol. The molecule has 0 fully saturated rings. The number of halogens is 1. The lowest BCUT2D eigenvalue weighted by Gasteiger charge is -2.07. The number of benzene rings is 3. The van der Waals surface area contributed by atoms with E-state index in [4.69, 9.17) is 16.3 Å². The number of ketones is 1. The fraction of sp³-hybridized carbons (Fsp3) is 0. The second-order valence-corrected chi connectivity index (χ2v) is 5.82. The topological polar surface area (TPSA) is 46.5 Å². The van der Waals surface area contributed by atoms with Crippen LogP contribution in [0.25, 0.3) is 6.08 Å². The van der Waals surface area contributed by atoms with Gasteiger partial charge in [-0.05, 0) is 48.0 Å². The SMILES string of the molecule is O=C(/C=C/c1cccc(Cl)c1)c1cccc(Oc2cccc(O)c2)c1. The first-order valence-corrected chi connectivity index (χ1v) is 8.03. The van der Waals surface area contributed by atoms with Gasteiger partial charge in [0.1, 0.15) is 17.2 Å². The van der Waals surface area contributed by atoms with Crippen molar-refractivity contribution in [2.45, 2.75) is 0 Å². The Hall–Kier alpha value is -3.04. The Balaban J connectivity index is 1.75. The molecule has 0 unspecified atom stereocenters. The molecule has 0 bridgehead atoms. The number of ether oxygens (including phenoxy) is 1. The molecule has 0 aliphatic heterocycles. The zero-order valence-corrected chi connectivity index (χ0v) is 14.0. The molecule has 3 aromatic carbocycles. The largest absolute Gasteiger partial charge is 0.508 e. The van der Waals surface area contributed by atoms with E-state index < -0.39 is 0 Å². The zero-order chi connectivity index (χ0) is 17.6. The maximum absolute atomic E-state index is 12.3. The lowest BCUT2D eigenvalue weighted by atomic mass is 10.1. The van der Waals surface area contributed by atoms with Gasteiger partial charge in [-0.2, -0.15) is 0 Å². The summed E-state index contributed by atoms with van der Waals surface area (Å²) in [5.74, 6) is 1.00. The molecule has 3 aromatic rings. The Morgan fingerprint density at radius 1 is 0.920 bits per heavy atom. The average molecular weight is 351 g/mol. The third-order valence-corrected chi connectivity index (χ3v) is 3.68. The highest BCUT2D eigenvalue weighted by Crippen LogP contribution is 2.25. The molecule has 0 atom stereocenters. The number of aromatic hydroxyl groups is 1. The van der Waals surface area contributed by atoms with Gasteiger partial charge in [0.15, 0.2) is 5.78 Å². The number of carbonyl (C=O) groups is 1. The summed E-state index contributed by atoms with van der Waals surface area (Å²) in [6, 6.07) is 20.6. The first-order valence-electron chi connectivity index (χ1n) is 7.65. The van der Waals surface area contributed by atoms with Crippen LogP contribution < -0.4 is 4.74 Å². The van der Waals surface area contributed by atoms with Crippen LogP contribution in [0.3, 0.4) is 0 Å². The summed E-state index contributed by atoms with van der Waals surface area (Å²) in [6.45, 7) is 0. The van der Waals surface area contributed by atoms with E-state index in [-0.39, 0.29) is 11.5 Å². The molecule has 0 saturated carbocycles. The van der Waals surface area contributed by atoms with Gasteiger partial charge in [-0.25, -0.2) is 0 Å². The van der Waals surface area contributed by atoms with E-state index in [1.165, 1.54) is 12.1 Å². The number of phenolic OH excluding ortho intramolecular Hbond substituents is 1. The zero-order valence-electron chi connectivity index (χ0n) is 13.2. The van der Waals surface area contributed by atoms with Crippen molar-refractivity contribution in [3.05, 3.63) is 95.0 Å². The van der Waals surface area contributed by atoms with E-state index in [9.17, 15) is 9.90 Å². The van der Waals surface area contributed by atoms with E-state index in [2.05, 4.69) is 0 Å². The highest BCUT2D eigenvalue weighted by Gasteiger charge is 2.05. The molecule has 3 rings (SSSR count). The Kier molecular flexibility index (Phi) is 5.17. The summed E-state index contributed by atoms with van der Waals surface area (Å²) >= 11 is 5.93. The van der Waals surface area contributed by atoms with Crippen LogP contribution in [0, 0.1) is 0 Å². The molecular weight excluding hydrogens is 336 g/mol. The van der Waals surface area contributed by atoms with Crippen LogP contribution in [0.15, 0.2) is 78.9 Å². The maximum Gasteiger partial charge on any atom is 0.185 e. The molecule has 1 N–H and O–H groups in total. The average Bonchev–Trinajstić information content (AvgIpc) is 2.60. The molecule has 0 aliphatic carbocycles. The van der Waals surface area contributed by atoms with Crippen LogP contribution in [-0.2, 0) is 0 Å². The molecule has 4 heteroatoms. The molecule has 0 aliphatic rings. The van der Waals surface area contributed by atoms with Crippen molar-refractivity contribution in [3.8, 4) is 17.2 Å². The molecule has 0 heterocycles. The quantitative estimate of drug-likeness (QED) is 0.472. The van der Waals surface area contributed by atoms with Crippen molar-refractivity contribution in [3.63, 3.8) is 0 Å². The predicted octanol–water partition coefficient (Wildman–Crippen LogP) is 5.73. The van der Waals surface area contributed by atoms with Crippen LogP contribution in [0.5, 0.6) is 17.2 Å². The minimum atomic E-state index is -0.138. The third-order valence-electron chi connectivity index (χ3n) is 3.45. The van der Waals surface area contributed by atoms with Gasteiger partial charge in [0.05, 0.1) is 0 Å². The minimum absolute atomic E-state index is 0.120. The highest BCUT2D eigenvalue weighted by atomic mass is 35.5. The standard InChI is InChI=1S/C21H15ClO3/c22-17-6-1-4-15(12-17)10-11-21(24)16-5-2-8-19(13-16)25-20-9-3-7-18(23)14-20/h1-14,23H/b11-10+. The van der Waals surface area contributed by atoms with Gasteiger partial charge in [0.2, 0.25) is 0 Å². The van der Waals surface area contributed by atoms with Crippen molar-refractivity contribution in [2.75, 3.05) is 0 Å². The smallest absolute Gasteiger partial charge is 0.185 e. The van der Waals surface area contributed by atoms with Gasteiger partial charge in [0, 0.05) is 16.7 Å². The number of allylic oxidation sites excluding steroid dienone is 1. The number of hydrogen-bond donors (Lipinski definition) is 1. The summed E-state index contributed by atoms with van der Waals surface area (Å²) in [7, 11) is 0. The summed E-state index contributed by atoms with van der Waals surface area (Å²) in [6.07, 6.45) is 3.22. The Morgan fingerprint density at radius 2 is 1.64 bits per heavy atom. The number of hydrogen-bond acceptors (Lipinski definition) is 3. The summed E-state index contributed by atoms with van der Waals surface area (Å²) in [5, 5.41) is 10.1. The van der Waals surface area contributed by atoms with Gasteiger partial charge >= 0.3 is 0 Å². The van der Waals surface area contributed by atoms with E-state index in [0.29, 0.717) is 22.1 Å². The second kappa shape index (κ2) is 7.69. The number of carbonyl (C=O) groups excluding carboxylic acids is 1. The van der Waals surface area contributed by atoms with Crippen molar-refractivity contribution >= 4 is 23.5 Å². The first-order chi connectivity index (χ1) is 12.1. The van der Waals surface area contributed by atoms with Crippen molar-refractivity contribution in [1.29, 1.82) is 0 Å². The maximum atomic E-state index is 12.3. The molecule has 124 valence electrons. The third kappa shape index (κ3) is 4.72. The fourth-order valence-corrected chi connectivity index (χ4v) is 2.47. The van der Waals surface area contributed by atoms with Crippen molar-refractivity contribution in [1.82, 2.24) is 0 Å². The normalized spacial score (nSPS) is 10.8. The van der Waals surface area contributed by atoms with E-state index >= 15 is 0 Å². The number of rotatable bonds is 5. The molecule has 25 heavy (non-hydrogen) atoms. The van der Waals surface area contributed by atoms with Gasteiger partial charge < -0.3 is 9.84 Å². The van der Waals surface area contributed by atoms with Gasteiger partial charge in [0.25, 0.3) is 0 Å². The summed E-state index contributed by atoms with van der Waals surface area (Å²) < 4.78 is 5.67. The summed E-state index contributed by atoms with van der Waals surface area (Å²) in [5.41, 5.74) is 1.36.